The minimum Gasteiger partial charge on any atom is -0.396 e. The van der Waals surface area contributed by atoms with Gasteiger partial charge in [-0.2, -0.15) is 0 Å². The number of hydrogen-bond donors (Lipinski definition) is 1. The fraction of sp³-hybridized carbons (Fsp3) is 0.500. The fourth-order valence-corrected chi connectivity index (χ4v) is 4.55. The molecule has 1 aromatic carbocycles. The SMILES string of the molecule is Cc1ccc(S(=O)(=O)CCCN2Cc3nccn3CC(CO)C2)cc1. The highest BCUT2D eigenvalue weighted by molar-refractivity contribution is 7.91. The molecule has 0 amide bonds. The molecule has 1 aliphatic heterocycles. The van der Waals surface area contributed by atoms with Gasteiger partial charge in [-0.3, -0.25) is 4.90 Å². The van der Waals surface area contributed by atoms with Gasteiger partial charge in [0.25, 0.3) is 0 Å². The zero-order valence-electron chi connectivity index (χ0n) is 14.5. The minimum atomic E-state index is -3.25. The number of rotatable bonds is 6. The van der Waals surface area contributed by atoms with Crippen LogP contribution in [0.4, 0.5) is 0 Å². The van der Waals surface area contributed by atoms with Crippen molar-refractivity contribution in [3.05, 3.63) is 48.0 Å². The molecule has 7 heteroatoms. The summed E-state index contributed by atoms with van der Waals surface area (Å²) in [6.45, 7) is 4.93. The van der Waals surface area contributed by atoms with Crippen LogP contribution in [0, 0.1) is 12.8 Å². The van der Waals surface area contributed by atoms with Crippen molar-refractivity contribution in [1.29, 1.82) is 0 Å². The summed E-state index contributed by atoms with van der Waals surface area (Å²) in [6, 6.07) is 7.01. The molecule has 0 fully saturated rings. The van der Waals surface area contributed by atoms with Crippen molar-refractivity contribution < 1.29 is 13.5 Å². The predicted octanol–water partition coefficient (Wildman–Crippen LogP) is 1.48. The molecule has 0 saturated heterocycles. The van der Waals surface area contributed by atoms with Crippen molar-refractivity contribution in [2.75, 3.05) is 25.4 Å². The number of sulfone groups is 1. The minimum absolute atomic E-state index is 0.121. The first-order valence-electron chi connectivity index (χ1n) is 8.60. The smallest absolute Gasteiger partial charge is 0.178 e. The van der Waals surface area contributed by atoms with Crippen molar-refractivity contribution in [2.45, 2.75) is 31.3 Å². The molecular weight excluding hydrogens is 338 g/mol. The van der Waals surface area contributed by atoms with Crippen LogP contribution in [0.1, 0.15) is 17.8 Å². The summed E-state index contributed by atoms with van der Waals surface area (Å²) in [5.74, 6) is 1.24. The Balaban J connectivity index is 1.60. The molecule has 1 atom stereocenters. The molecule has 6 nitrogen and oxygen atoms in total. The largest absolute Gasteiger partial charge is 0.396 e. The monoisotopic (exact) mass is 363 g/mol. The Hall–Kier alpha value is -1.70. The number of hydrogen-bond acceptors (Lipinski definition) is 5. The van der Waals surface area contributed by atoms with E-state index in [2.05, 4.69) is 14.5 Å². The quantitative estimate of drug-likeness (QED) is 0.841. The van der Waals surface area contributed by atoms with E-state index in [0.29, 0.717) is 24.4 Å². The molecule has 0 aliphatic carbocycles. The van der Waals surface area contributed by atoms with Crippen LogP contribution in [-0.4, -0.2) is 53.4 Å². The Kier molecular flexibility index (Phi) is 5.56. The van der Waals surface area contributed by atoms with Crippen molar-refractivity contribution in [3.63, 3.8) is 0 Å². The molecule has 136 valence electrons. The number of aryl methyl sites for hydroxylation is 1. The number of fused-ring (bicyclic) bond motifs is 1. The van der Waals surface area contributed by atoms with E-state index in [1.165, 1.54) is 0 Å². The lowest BCUT2D eigenvalue weighted by molar-refractivity contribution is 0.160. The number of aliphatic hydroxyl groups is 1. The van der Waals surface area contributed by atoms with Crippen LogP contribution in [0.3, 0.4) is 0 Å². The lowest BCUT2D eigenvalue weighted by Crippen LogP contribution is -2.31. The van der Waals surface area contributed by atoms with Crippen molar-refractivity contribution >= 4 is 9.84 Å². The second-order valence-electron chi connectivity index (χ2n) is 6.77. The van der Waals surface area contributed by atoms with Gasteiger partial charge >= 0.3 is 0 Å². The lowest BCUT2D eigenvalue weighted by Gasteiger charge is -2.22. The maximum absolute atomic E-state index is 12.5. The summed E-state index contributed by atoms with van der Waals surface area (Å²) in [7, 11) is -3.25. The molecule has 1 unspecified atom stereocenters. The maximum atomic E-state index is 12.5. The van der Waals surface area contributed by atoms with Crippen LogP contribution in [0.15, 0.2) is 41.6 Å². The van der Waals surface area contributed by atoms with Gasteiger partial charge in [0, 0.05) is 38.0 Å². The average Bonchev–Trinajstić information content (AvgIpc) is 2.93. The summed E-state index contributed by atoms with van der Waals surface area (Å²) in [6.07, 6.45) is 4.27. The number of benzene rings is 1. The number of aliphatic hydroxyl groups excluding tert-OH is 1. The van der Waals surface area contributed by atoms with Gasteiger partial charge < -0.3 is 9.67 Å². The van der Waals surface area contributed by atoms with Gasteiger partial charge in [0.05, 0.1) is 17.2 Å². The Morgan fingerprint density at radius 1 is 1.24 bits per heavy atom. The molecule has 2 aromatic rings. The Bertz CT molecular complexity index is 799. The molecule has 2 heterocycles. The van der Waals surface area contributed by atoms with E-state index < -0.39 is 9.84 Å². The molecule has 1 aromatic heterocycles. The first kappa shape index (κ1) is 18.1. The highest BCUT2D eigenvalue weighted by Crippen LogP contribution is 2.17. The molecular formula is C18H25N3O3S. The van der Waals surface area contributed by atoms with E-state index in [4.69, 9.17) is 0 Å². The number of aromatic nitrogens is 2. The molecule has 0 radical (unpaired) electrons. The average molecular weight is 363 g/mol. The first-order chi connectivity index (χ1) is 12.0. The van der Waals surface area contributed by atoms with Crippen molar-refractivity contribution in [2.24, 2.45) is 5.92 Å². The van der Waals surface area contributed by atoms with Gasteiger partial charge in [0.1, 0.15) is 5.82 Å². The normalized spacial score (nSPS) is 18.7. The molecule has 1 aliphatic rings. The van der Waals surface area contributed by atoms with E-state index in [9.17, 15) is 13.5 Å². The van der Waals surface area contributed by atoms with Crippen LogP contribution in [-0.2, 0) is 22.9 Å². The summed E-state index contributed by atoms with van der Waals surface area (Å²) >= 11 is 0. The van der Waals surface area contributed by atoms with Gasteiger partial charge in [-0.05, 0) is 32.0 Å². The highest BCUT2D eigenvalue weighted by Gasteiger charge is 2.22. The van der Waals surface area contributed by atoms with E-state index in [0.717, 1.165) is 24.5 Å². The third-order valence-corrected chi connectivity index (χ3v) is 6.48. The van der Waals surface area contributed by atoms with Gasteiger partial charge in [-0.15, -0.1) is 0 Å². The molecule has 3 rings (SSSR count). The van der Waals surface area contributed by atoms with Gasteiger partial charge in [-0.1, -0.05) is 17.7 Å². The van der Waals surface area contributed by atoms with Crippen LogP contribution in [0.25, 0.3) is 0 Å². The fourth-order valence-electron chi connectivity index (χ4n) is 3.25. The second-order valence-corrected chi connectivity index (χ2v) is 8.87. The van der Waals surface area contributed by atoms with Crippen molar-refractivity contribution in [1.82, 2.24) is 14.5 Å². The first-order valence-corrected chi connectivity index (χ1v) is 10.3. The standard InChI is InChI=1S/C18H25N3O3S/c1-15-3-5-17(6-4-15)25(23,24)10-2-8-20-11-16(14-22)12-21-9-7-19-18(21)13-20/h3-7,9,16,22H,2,8,10-14H2,1H3. The van der Waals surface area contributed by atoms with E-state index in [1.807, 2.05) is 25.3 Å². The number of imidazole rings is 1. The lowest BCUT2D eigenvalue weighted by atomic mass is 10.1. The Morgan fingerprint density at radius 3 is 2.72 bits per heavy atom. The summed E-state index contributed by atoms with van der Waals surface area (Å²) in [4.78, 5) is 6.95. The van der Waals surface area contributed by atoms with Gasteiger partial charge in [0.2, 0.25) is 0 Å². The molecule has 25 heavy (non-hydrogen) atoms. The molecule has 0 saturated carbocycles. The topological polar surface area (TPSA) is 75.4 Å². The molecule has 0 bridgehead atoms. The van der Waals surface area contributed by atoms with Crippen LogP contribution < -0.4 is 0 Å². The maximum Gasteiger partial charge on any atom is 0.178 e. The molecule has 1 N–H and O–H groups in total. The van der Waals surface area contributed by atoms with E-state index in [1.54, 1.807) is 18.3 Å². The van der Waals surface area contributed by atoms with Gasteiger partial charge in [-0.25, -0.2) is 13.4 Å². The molecule has 0 spiro atoms. The number of nitrogens with zero attached hydrogens (tertiary/aromatic N) is 3. The zero-order valence-corrected chi connectivity index (χ0v) is 15.3. The summed E-state index contributed by atoms with van der Waals surface area (Å²) in [5, 5.41) is 9.57. The predicted molar refractivity (Wildman–Crippen MR) is 95.9 cm³/mol. The third-order valence-electron chi connectivity index (χ3n) is 4.66. The third kappa shape index (κ3) is 4.48. The van der Waals surface area contributed by atoms with Gasteiger partial charge in [0.15, 0.2) is 9.84 Å². The Morgan fingerprint density at radius 2 is 2.00 bits per heavy atom. The van der Waals surface area contributed by atoms with Crippen molar-refractivity contribution in [3.8, 4) is 0 Å². The summed E-state index contributed by atoms with van der Waals surface area (Å²) in [5.41, 5.74) is 1.05. The van der Waals surface area contributed by atoms with E-state index in [-0.39, 0.29) is 18.3 Å². The van der Waals surface area contributed by atoms with E-state index >= 15 is 0 Å². The zero-order chi connectivity index (χ0) is 17.9. The highest BCUT2D eigenvalue weighted by atomic mass is 32.2. The van der Waals surface area contributed by atoms with Crippen LogP contribution in [0.2, 0.25) is 0 Å². The summed E-state index contributed by atoms with van der Waals surface area (Å²) < 4.78 is 27.0. The van der Waals surface area contributed by atoms with Crippen LogP contribution >= 0.6 is 0 Å². The Labute approximate surface area is 149 Å². The van der Waals surface area contributed by atoms with Crippen LogP contribution in [0.5, 0.6) is 0 Å². The second kappa shape index (κ2) is 7.68.